The van der Waals surface area contributed by atoms with Crippen LogP contribution in [0, 0.1) is 16.0 Å². The third kappa shape index (κ3) is 4.24. The molecule has 0 saturated heterocycles. The zero-order valence-corrected chi connectivity index (χ0v) is 20.5. The Kier molecular flexibility index (Phi) is 6.05. The number of fused-ring (bicyclic) bond motifs is 3. The van der Waals surface area contributed by atoms with Gasteiger partial charge in [0.25, 0.3) is 15.7 Å². The lowest BCUT2D eigenvalue weighted by Crippen LogP contribution is -2.29. The summed E-state index contributed by atoms with van der Waals surface area (Å²) in [5.74, 6) is 1.65. The average molecular weight is 508 g/mol. The Balaban J connectivity index is 1.49. The highest BCUT2D eigenvalue weighted by Crippen LogP contribution is 2.52. The summed E-state index contributed by atoms with van der Waals surface area (Å²) in [5.41, 5.74) is 2.64. The molecule has 1 heterocycles. The van der Waals surface area contributed by atoms with E-state index in [9.17, 15) is 18.5 Å². The lowest BCUT2D eigenvalue weighted by atomic mass is 9.77. The molecule has 0 bridgehead atoms. The molecule has 0 amide bonds. The zero-order valence-electron chi connectivity index (χ0n) is 19.7. The third-order valence-corrected chi connectivity index (χ3v) is 8.10. The lowest BCUT2D eigenvalue weighted by molar-refractivity contribution is -0.384. The van der Waals surface area contributed by atoms with Crippen molar-refractivity contribution in [3.05, 3.63) is 94.1 Å². The highest BCUT2D eigenvalue weighted by Gasteiger charge is 2.39. The number of nitrogens with zero attached hydrogens (tertiary/aromatic N) is 1. The van der Waals surface area contributed by atoms with E-state index >= 15 is 0 Å². The molecule has 2 N–H and O–H groups in total. The quantitative estimate of drug-likeness (QED) is 0.255. The predicted molar refractivity (Wildman–Crippen MR) is 136 cm³/mol. The number of methoxy groups -OCH3 is 2. The first-order valence-corrected chi connectivity index (χ1v) is 12.9. The minimum Gasteiger partial charge on any atom is -0.497 e. The van der Waals surface area contributed by atoms with Crippen LogP contribution in [0.25, 0.3) is 0 Å². The molecule has 3 aromatic carbocycles. The van der Waals surface area contributed by atoms with Crippen LogP contribution < -0.4 is 19.5 Å². The van der Waals surface area contributed by atoms with Gasteiger partial charge in [0, 0.05) is 29.3 Å². The first kappa shape index (κ1) is 23.7. The second kappa shape index (κ2) is 9.19. The number of anilines is 2. The lowest BCUT2D eigenvalue weighted by Gasteiger charge is -2.38. The summed E-state index contributed by atoms with van der Waals surface area (Å²) in [4.78, 5) is 10.6. The molecule has 186 valence electrons. The van der Waals surface area contributed by atoms with Gasteiger partial charge in [-0.3, -0.25) is 14.8 Å². The van der Waals surface area contributed by atoms with Gasteiger partial charge in [0.05, 0.1) is 35.8 Å². The van der Waals surface area contributed by atoms with Crippen molar-refractivity contribution in [1.82, 2.24) is 0 Å². The fraction of sp³-hybridized carbons (Fsp3) is 0.231. The molecule has 0 radical (unpaired) electrons. The number of sulfonamides is 1. The van der Waals surface area contributed by atoms with Crippen molar-refractivity contribution in [2.75, 3.05) is 24.3 Å². The van der Waals surface area contributed by atoms with Crippen LogP contribution >= 0.6 is 0 Å². The molecule has 9 nitrogen and oxygen atoms in total. The number of rotatable bonds is 7. The largest absolute Gasteiger partial charge is 0.497 e. The molecule has 3 aromatic rings. The van der Waals surface area contributed by atoms with E-state index in [-0.39, 0.29) is 34.1 Å². The monoisotopic (exact) mass is 507 g/mol. The van der Waals surface area contributed by atoms with Crippen LogP contribution in [0.15, 0.2) is 77.7 Å². The molecule has 3 atom stereocenters. The molecule has 5 rings (SSSR count). The molecular weight excluding hydrogens is 482 g/mol. The van der Waals surface area contributed by atoms with E-state index < -0.39 is 14.9 Å². The van der Waals surface area contributed by atoms with E-state index in [1.807, 2.05) is 18.2 Å². The Morgan fingerprint density at radius 1 is 1.03 bits per heavy atom. The number of nitro benzene ring substituents is 1. The normalized spacial score (nSPS) is 20.1. The minimum absolute atomic E-state index is 0.00937. The van der Waals surface area contributed by atoms with Crippen molar-refractivity contribution in [2.24, 2.45) is 5.92 Å². The highest BCUT2D eigenvalue weighted by molar-refractivity contribution is 7.92. The second-order valence-corrected chi connectivity index (χ2v) is 10.4. The Bertz CT molecular complexity index is 1470. The topological polar surface area (TPSA) is 120 Å². The first-order valence-electron chi connectivity index (χ1n) is 11.4. The summed E-state index contributed by atoms with van der Waals surface area (Å²) in [6.07, 6.45) is 5.06. The first-order chi connectivity index (χ1) is 17.3. The molecule has 0 saturated carbocycles. The third-order valence-electron chi connectivity index (χ3n) is 6.73. The summed E-state index contributed by atoms with van der Waals surface area (Å²) < 4.78 is 39.8. The maximum absolute atomic E-state index is 13.2. The van der Waals surface area contributed by atoms with Crippen molar-refractivity contribution in [2.45, 2.75) is 23.3 Å². The van der Waals surface area contributed by atoms with Crippen LogP contribution in [0.3, 0.4) is 0 Å². The van der Waals surface area contributed by atoms with Gasteiger partial charge in [0.15, 0.2) is 0 Å². The molecule has 36 heavy (non-hydrogen) atoms. The molecule has 0 unspecified atom stereocenters. The van der Waals surface area contributed by atoms with Crippen molar-refractivity contribution in [3.63, 3.8) is 0 Å². The smallest absolute Gasteiger partial charge is 0.271 e. The fourth-order valence-electron chi connectivity index (χ4n) is 5.03. The Morgan fingerprint density at radius 2 is 1.86 bits per heavy atom. The Labute approximate surface area is 209 Å². The summed E-state index contributed by atoms with van der Waals surface area (Å²) >= 11 is 0. The van der Waals surface area contributed by atoms with E-state index in [1.54, 1.807) is 26.4 Å². The van der Waals surface area contributed by atoms with E-state index in [1.165, 1.54) is 30.3 Å². The van der Waals surface area contributed by atoms with Crippen molar-refractivity contribution in [1.29, 1.82) is 0 Å². The number of benzene rings is 3. The van der Waals surface area contributed by atoms with Gasteiger partial charge < -0.3 is 14.8 Å². The van der Waals surface area contributed by atoms with Crippen LogP contribution in [-0.4, -0.2) is 27.6 Å². The molecule has 0 spiro atoms. The van der Waals surface area contributed by atoms with Gasteiger partial charge in [-0.15, -0.1) is 0 Å². The van der Waals surface area contributed by atoms with Gasteiger partial charge in [-0.2, -0.15) is 0 Å². The van der Waals surface area contributed by atoms with Gasteiger partial charge >= 0.3 is 0 Å². The van der Waals surface area contributed by atoms with Crippen LogP contribution in [0.2, 0.25) is 0 Å². The van der Waals surface area contributed by atoms with Crippen molar-refractivity contribution in [3.8, 4) is 11.5 Å². The molecule has 1 aliphatic carbocycles. The molecular formula is C26H25N3O6S. The number of hydrogen-bond donors (Lipinski definition) is 2. The van der Waals surface area contributed by atoms with Gasteiger partial charge in [0.2, 0.25) is 0 Å². The number of hydrogen-bond acceptors (Lipinski definition) is 7. The minimum atomic E-state index is -3.96. The van der Waals surface area contributed by atoms with Crippen molar-refractivity contribution < 1.29 is 22.8 Å². The second-order valence-electron chi connectivity index (χ2n) is 8.75. The van der Waals surface area contributed by atoms with E-state index in [0.717, 1.165) is 34.7 Å². The molecule has 10 heteroatoms. The summed E-state index contributed by atoms with van der Waals surface area (Å²) in [6, 6.07) is 16.0. The summed E-state index contributed by atoms with van der Waals surface area (Å²) in [6.45, 7) is 0. The van der Waals surface area contributed by atoms with E-state index in [0.29, 0.717) is 0 Å². The standard InChI is InChI=1S/C26H25N3O6S/c1-34-18-9-12-25(35-2)23(14-18)26-21-8-4-7-20(21)22-15-19(10-11-24(22)27-26)36(32,33)28-16-5-3-6-17(13-16)29(30)31/h3-7,9-15,20-21,26-28H,8H2,1-2H3/t20-,21+,26-/m0/s1. The fourth-order valence-corrected chi connectivity index (χ4v) is 6.11. The number of allylic oxidation sites excluding steroid dienone is 2. The number of non-ortho nitro benzene ring substituents is 1. The number of nitrogens with one attached hydrogen (secondary N) is 2. The van der Waals surface area contributed by atoms with E-state index in [4.69, 9.17) is 9.47 Å². The maximum atomic E-state index is 13.2. The maximum Gasteiger partial charge on any atom is 0.271 e. The molecule has 0 aromatic heterocycles. The molecule has 0 fully saturated rings. The SMILES string of the molecule is COc1ccc(OC)c([C@H]2Nc3ccc(S(=O)(=O)Nc4cccc([N+](=O)[O-])c4)cc3[C@H]3C=CC[C@H]32)c1. The Morgan fingerprint density at radius 3 is 2.61 bits per heavy atom. The number of nitro groups is 1. The summed E-state index contributed by atoms with van der Waals surface area (Å²) in [7, 11) is -0.704. The van der Waals surface area contributed by atoms with Crippen LogP contribution in [0.5, 0.6) is 11.5 Å². The van der Waals surface area contributed by atoms with E-state index in [2.05, 4.69) is 22.2 Å². The Hall–Kier alpha value is -4.05. The van der Waals surface area contributed by atoms with Gasteiger partial charge in [-0.1, -0.05) is 18.2 Å². The molecule has 1 aliphatic heterocycles. The van der Waals surface area contributed by atoms with Gasteiger partial charge in [-0.25, -0.2) is 8.42 Å². The highest BCUT2D eigenvalue weighted by atomic mass is 32.2. The average Bonchev–Trinajstić information content (AvgIpc) is 3.38. The van der Waals surface area contributed by atoms with Crippen LogP contribution in [-0.2, 0) is 10.0 Å². The number of ether oxygens (including phenoxy) is 2. The molecule has 2 aliphatic rings. The van der Waals surface area contributed by atoms with Gasteiger partial charge in [-0.05, 0) is 60.4 Å². The van der Waals surface area contributed by atoms with Crippen LogP contribution in [0.4, 0.5) is 17.1 Å². The van der Waals surface area contributed by atoms with Gasteiger partial charge in [0.1, 0.15) is 11.5 Å². The summed E-state index contributed by atoms with van der Waals surface area (Å²) in [5, 5.41) is 14.7. The zero-order chi connectivity index (χ0) is 25.4. The predicted octanol–water partition coefficient (Wildman–Crippen LogP) is 5.24. The van der Waals surface area contributed by atoms with Crippen molar-refractivity contribution >= 4 is 27.1 Å². The van der Waals surface area contributed by atoms with Crippen LogP contribution in [0.1, 0.15) is 29.5 Å².